The zero-order valence-electron chi connectivity index (χ0n) is 11.3. The number of rotatable bonds is 3. The monoisotopic (exact) mass is 361 g/mol. The van der Waals surface area contributed by atoms with Crippen LogP contribution in [-0.2, 0) is 0 Å². The van der Waals surface area contributed by atoms with Crippen LogP contribution in [0.3, 0.4) is 0 Å². The average Bonchev–Trinajstić information content (AvgIpc) is 2.48. The maximum atomic E-state index is 4.55. The van der Waals surface area contributed by atoms with E-state index in [1.807, 2.05) is 54.6 Å². The Bertz CT molecular complexity index is 705. The van der Waals surface area contributed by atoms with E-state index in [9.17, 15) is 0 Å². The fourth-order valence-electron chi connectivity index (χ4n) is 1.96. The van der Waals surface area contributed by atoms with Gasteiger partial charge in [-0.25, -0.2) is 15.0 Å². The van der Waals surface area contributed by atoms with Gasteiger partial charge in [-0.05, 0) is 36.4 Å². The summed E-state index contributed by atoms with van der Waals surface area (Å²) in [5.74, 6) is 0. The fourth-order valence-corrected chi connectivity index (χ4v) is 4.81. The summed E-state index contributed by atoms with van der Waals surface area (Å²) in [4.78, 5) is 13.6. The van der Waals surface area contributed by atoms with Crippen LogP contribution in [0.15, 0.2) is 69.7 Å². The normalized spacial score (nSPS) is 10.9. The summed E-state index contributed by atoms with van der Waals surface area (Å²) < 4.78 is 0. The molecule has 3 rings (SSSR count). The summed E-state index contributed by atoms with van der Waals surface area (Å²) >= 11 is 13.0. The Balaban J connectivity index is 2.18. The van der Waals surface area contributed by atoms with Crippen molar-refractivity contribution >= 4 is 62.1 Å². The molecule has 0 fully saturated rings. The van der Waals surface area contributed by atoms with Gasteiger partial charge in [0.15, 0.2) is 0 Å². The van der Waals surface area contributed by atoms with Crippen LogP contribution in [0.2, 0.25) is 0 Å². The summed E-state index contributed by atoms with van der Waals surface area (Å²) in [6, 6.07) is 17.3. The van der Waals surface area contributed by atoms with Crippen molar-refractivity contribution in [3.8, 4) is 0 Å². The molecule has 0 aliphatic carbocycles. The van der Waals surface area contributed by atoms with E-state index < -0.39 is 7.92 Å². The second kappa shape index (κ2) is 7.01. The predicted octanol–water partition coefficient (Wildman–Crippen LogP) is 2.50. The number of aromatic nitrogens is 3. The minimum atomic E-state index is -0.975. The highest BCUT2D eigenvalue weighted by Crippen LogP contribution is 2.31. The molecule has 0 bridgehead atoms. The standard InChI is InChI=1S/C15H12N3PS3/c20-13-7-1-4-10(16-13)19(11-5-2-8-14(21)17-11)12-6-3-9-15(22)18-12/h1-9H,(H,16,20)(H,17,21)(H,18,22). The molecule has 0 aromatic carbocycles. The second-order valence-electron chi connectivity index (χ2n) is 4.40. The summed E-state index contributed by atoms with van der Waals surface area (Å²) in [5, 5.41) is 2.03. The molecule has 22 heavy (non-hydrogen) atoms. The van der Waals surface area contributed by atoms with Crippen molar-refractivity contribution in [2.24, 2.45) is 0 Å². The van der Waals surface area contributed by atoms with E-state index in [2.05, 4.69) is 52.8 Å². The van der Waals surface area contributed by atoms with E-state index in [0.29, 0.717) is 15.1 Å². The van der Waals surface area contributed by atoms with Gasteiger partial charge >= 0.3 is 0 Å². The fraction of sp³-hybridized carbons (Fsp3) is 0. The topological polar surface area (TPSA) is 38.7 Å². The molecule has 3 aromatic heterocycles. The van der Waals surface area contributed by atoms with E-state index >= 15 is 0 Å². The Morgan fingerprint density at radius 1 is 0.545 bits per heavy atom. The molecule has 0 atom stereocenters. The van der Waals surface area contributed by atoms with Crippen molar-refractivity contribution < 1.29 is 0 Å². The van der Waals surface area contributed by atoms with Crippen molar-refractivity contribution in [1.29, 1.82) is 0 Å². The Labute approximate surface area is 146 Å². The molecule has 110 valence electrons. The van der Waals surface area contributed by atoms with Crippen LogP contribution in [0.1, 0.15) is 0 Å². The zero-order chi connectivity index (χ0) is 15.5. The SMILES string of the molecule is Sc1cccc(P(c2cccc(S)n2)c2cccc(S)n2)n1. The molecular formula is C15H12N3PS3. The highest BCUT2D eigenvalue weighted by Gasteiger charge is 2.21. The summed E-state index contributed by atoms with van der Waals surface area (Å²) in [6.45, 7) is 0. The van der Waals surface area contributed by atoms with Gasteiger partial charge in [0.1, 0.15) is 0 Å². The van der Waals surface area contributed by atoms with Crippen LogP contribution >= 0.6 is 45.8 Å². The predicted molar refractivity (Wildman–Crippen MR) is 100 cm³/mol. The van der Waals surface area contributed by atoms with Crippen LogP contribution in [-0.4, -0.2) is 15.0 Å². The van der Waals surface area contributed by atoms with E-state index in [0.717, 1.165) is 16.3 Å². The van der Waals surface area contributed by atoms with Gasteiger partial charge in [0.25, 0.3) is 0 Å². The lowest BCUT2D eigenvalue weighted by atomic mass is 10.5. The number of thiol groups is 3. The first-order chi connectivity index (χ1) is 10.6. The molecule has 0 spiro atoms. The van der Waals surface area contributed by atoms with Crippen molar-refractivity contribution in [1.82, 2.24) is 15.0 Å². The molecule has 0 saturated heterocycles. The lowest BCUT2D eigenvalue weighted by Gasteiger charge is -2.16. The van der Waals surface area contributed by atoms with E-state index in [4.69, 9.17) is 0 Å². The van der Waals surface area contributed by atoms with Crippen LogP contribution in [0.25, 0.3) is 0 Å². The molecule has 0 aliphatic rings. The van der Waals surface area contributed by atoms with Crippen LogP contribution < -0.4 is 16.3 Å². The largest absolute Gasteiger partial charge is 0.241 e. The minimum Gasteiger partial charge on any atom is -0.241 e. The molecule has 0 unspecified atom stereocenters. The number of pyridine rings is 3. The first-order valence-electron chi connectivity index (χ1n) is 6.42. The minimum absolute atomic E-state index is 0.675. The Morgan fingerprint density at radius 3 is 1.14 bits per heavy atom. The van der Waals surface area contributed by atoms with Gasteiger partial charge in [0.2, 0.25) is 0 Å². The molecule has 3 nitrogen and oxygen atoms in total. The van der Waals surface area contributed by atoms with E-state index in [1.54, 1.807) is 0 Å². The van der Waals surface area contributed by atoms with Crippen LogP contribution in [0, 0.1) is 0 Å². The smallest absolute Gasteiger partial charge is 0.0937 e. The molecule has 0 amide bonds. The maximum Gasteiger partial charge on any atom is 0.0937 e. The molecule has 7 heteroatoms. The van der Waals surface area contributed by atoms with Gasteiger partial charge in [0.05, 0.1) is 31.4 Å². The first-order valence-corrected chi connectivity index (χ1v) is 9.10. The lowest BCUT2D eigenvalue weighted by Crippen LogP contribution is -2.26. The molecule has 0 N–H and O–H groups in total. The Morgan fingerprint density at radius 2 is 0.864 bits per heavy atom. The van der Waals surface area contributed by atoms with Crippen molar-refractivity contribution in [3.63, 3.8) is 0 Å². The van der Waals surface area contributed by atoms with Gasteiger partial charge in [0, 0.05) is 7.92 Å². The Hall–Kier alpha value is -1.07. The van der Waals surface area contributed by atoms with Crippen molar-refractivity contribution in [2.75, 3.05) is 0 Å². The molecule has 3 heterocycles. The number of hydrogen-bond donors (Lipinski definition) is 3. The molecule has 3 aromatic rings. The number of nitrogens with zero attached hydrogens (tertiary/aromatic N) is 3. The van der Waals surface area contributed by atoms with E-state index in [1.165, 1.54) is 0 Å². The van der Waals surface area contributed by atoms with Gasteiger partial charge in [-0.1, -0.05) is 18.2 Å². The maximum absolute atomic E-state index is 4.55. The number of hydrogen-bond acceptors (Lipinski definition) is 6. The molecule has 0 saturated carbocycles. The Kier molecular flexibility index (Phi) is 5.03. The highest BCUT2D eigenvalue weighted by molar-refractivity contribution is 7.81. The molecular weight excluding hydrogens is 349 g/mol. The van der Waals surface area contributed by atoms with E-state index in [-0.39, 0.29) is 0 Å². The second-order valence-corrected chi connectivity index (χ2v) is 7.82. The van der Waals surface area contributed by atoms with Crippen LogP contribution in [0.5, 0.6) is 0 Å². The van der Waals surface area contributed by atoms with Gasteiger partial charge in [-0.15, -0.1) is 37.9 Å². The summed E-state index contributed by atoms with van der Waals surface area (Å²) in [6.07, 6.45) is 0. The molecule has 0 radical (unpaired) electrons. The van der Waals surface area contributed by atoms with Crippen LogP contribution in [0.4, 0.5) is 0 Å². The third-order valence-corrected chi connectivity index (χ3v) is 5.72. The van der Waals surface area contributed by atoms with Gasteiger partial charge in [-0.2, -0.15) is 0 Å². The zero-order valence-corrected chi connectivity index (χ0v) is 14.9. The van der Waals surface area contributed by atoms with Gasteiger partial charge < -0.3 is 0 Å². The third kappa shape index (κ3) is 3.63. The summed E-state index contributed by atoms with van der Waals surface area (Å²) in [7, 11) is -0.975. The highest BCUT2D eigenvalue weighted by atomic mass is 32.1. The average molecular weight is 361 g/mol. The molecule has 0 aliphatic heterocycles. The van der Waals surface area contributed by atoms with Gasteiger partial charge in [-0.3, -0.25) is 0 Å². The first kappa shape index (κ1) is 15.8. The third-order valence-electron chi connectivity index (χ3n) is 2.85. The lowest BCUT2D eigenvalue weighted by molar-refractivity contribution is 1.16. The quantitative estimate of drug-likeness (QED) is 0.496. The summed E-state index contributed by atoms with van der Waals surface area (Å²) in [5.41, 5.74) is 2.71. The van der Waals surface area contributed by atoms with Crippen molar-refractivity contribution in [3.05, 3.63) is 54.6 Å². The van der Waals surface area contributed by atoms with Crippen molar-refractivity contribution in [2.45, 2.75) is 15.1 Å².